The molecule has 15 heavy (non-hydrogen) atoms. The van der Waals surface area contributed by atoms with E-state index in [9.17, 15) is 0 Å². The smallest absolute Gasteiger partial charge is 0.119 e. The lowest BCUT2D eigenvalue weighted by atomic mass is 10.3. The molecule has 78 valence electrons. The van der Waals surface area contributed by atoms with Gasteiger partial charge in [0.05, 0.1) is 18.5 Å². The number of aromatic nitrogens is 2. The molecule has 0 atom stereocenters. The van der Waals surface area contributed by atoms with Gasteiger partial charge >= 0.3 is 0 Å². The molecule has 0 bridgehead atoms. The number of hydrogen-bond donors (Lipinski definition) is 0. The molecule has 0 unspecified atom stereocenters. The molecule has 3 nitrogen and oxygen atoms in total. The van der Waals surface area contributed by atoms with Crippen molar-refractivity contribution in [3.63, 3.8) is 0 Å². The first-order valence-electron chi connectivity index (χ1n) is 4.74. The molecular weight excluding hydrogens is 303 g/mol. The summed E-state index contributed by atoms with van der Waals surface area (Å²) in [4.78, 5) is 0. The molecule has 0 radical (unpaired) electrons. The van der Waals surface area contributed by atoms with E-state index < -0.39 is 0 Å². The minimum absolute atomic E-state index is 0.693. The van der Waals surface area contributed by atoms with E-state index in [2.05, 4.69) is 27.7 Å². The summed E-state index contributed by atoms with van der Waals surface area (Å²) in [5.74, 6) is 0.892. The van der Waals surface area contributed by atoms with Crippen molar-refractivity contribution < 1.29 is 4.74 Å². The maximum Gasteiger partial charge on any atom is 0.119 e. The number of ether oxygens (including phenoxy) is 1. The van der Waals surface area contributed by atoms with Crippen molar-refractivity contribution in [1.82, 2.24) is 9.78 Å². The molecule has 2 aromatic rings. The number of hydrogen-bond acceptors (Lipinski definition) is 2. The molecule has 2 rings (SSSR count). The minimum Gasteiger partial charge on any atom is -0.494 e. The van der Waals surface area contributed by atoms with E-state index in [-0.39, 0.29) is 0 Å². The third-order valence-electron chi connectivity index (χ3n) is 1.99. The average molecular weight is 314 g/mol. The third kappa shape index (κ3) is 2.31. The molecule has 4 heteroatoms. The van der Waals surface area contributed by atoms with E-state index in [0.717, 1.165) is 15.1 Å². The van der Waals surface area contributed by atoms with Crippen molar-refractivity contribution >= 4 is 22.6 Å². The Balaban J connectivity index is 2.28. The van der Waals surface area contributed by atoms with Crippen LogP contribution < -0.4 is 4.74 Å². The summed E-state index contributed by atoms with van der Waals surface area (Å²) in [6.45, 7) is 2.67. The van der Waals surface area contributed by atoms with Crippen molar-refractivity contribution in [2.75, 3.05) is 6.61 Å². The zero-order valence-corrected chi connectivity index (χ0v) is 10.5. The van der Waals surface area contributed by atoms with E-state index in [1.807, 2.05) is 41.9 Å². The second kappa shape index (κ2) is 4.65. The molecule has 0 spiro atoms. The molecule has 0 amide bonds. The van der Waals surface area contributed by atoms with E-state index in [0.29, 0.717) is 6.61 Å². The number of rotatable bonds is 3. The highest BCUT2D eigenvalue weighted by atomic mass is 127. The van der Waals surface area contributed by atoms with Crippen LogP contribution in [0.3, 0.4) is 0 Å². The van der Waals surface area contributed by atoms with Crippen LogP contribution in [-0.2, 0) is 0 Å². The van der Waals surface area contributed by atoms with Crippen LogP contribution in [0, 0.1) is 3.70 Å². The Morgan fingerprint density at radius 3 is 2.53 bits per heavy atom. The first-order valence-corrected chi connectivity index (χ1v) is 5.82. The quantitative estimate of drug-likeness (QED) is 0.815. The van der Waals surface area contributed by atoms with E-state index in [1.54, 1.807) is 6.20 Å². The highest BCUT2D eigenvalue weighted by molar-refractivity contribution is 14.1. The van der Waals surface area contributed by atoms with Gasteiger partial charge in [-0.15, -0.1) is 0 Å². The Hall–Kier alpha value is -1.04. The number of halogens is 1. The van der Waals surface area contributed by atoms with E-state index >= 15 is 0 Å². The molecule has 1 aromatic carbocycles. The maximum atomic E-state index is 5.38. The number of benzene rings is 1. The van der Waals surface area contributed by atoms with Crippen molar-refractivity contribution in [1.29, 1.82) is 0 Å². The Labute approximate surface area is 102 Å². The van der Waals surface area contributed by atoms with Crippen LogP contribution in [0.25, 0.3) is 5.69 Å². The van der Waals surface area contributed by atoms with Gasteiger partial charge in [-0.1, -0.05) is 0 Å². The van der Waals surface area contributed by atoms with Crippen LogP contribution >= 0.6 is 22.6 Å². The predicted octanol–water partition coefficient (Wildman–Crippen LogP) is 2.88. The Morgan fingerprint density at radius 1 is 1.27 bits per heavy atom. The van der Waals surface area contributed by atoms with Crippen LogP contribution in [0.2, 0.25) is 0 Å². The van der Waals surface area contributed by atoms with Crippen LogP contribution in [0.1, 0.15) is 6.92 Å². The Morgan fingerprint density at radius 2 is 2.00 bits per heavy atom. The van der Waals surface area contributed by atoms with Gasteiger partial charge in [-0.2, -0.15) is 5.10 Å². The maximum absolute atomic E-state index is 5.38. The van der Waals surface area contributed by atoms with E-state index in [1.165, 1.54) is 0 Å². The fourth-order valence-electron chi connectivity index (χ4n) is 1.33. The van der Waals surface area contributed by atoms with Gasteiger partial charge in [0.1, 0.15) is 9.45 Å². The monoisotopic (exact) mass is 314 g/mol. The molecule has 0 aliphatic heterocycles. The zero-order valence-electron chi connectivity index (χ0n) is 8.35. The molecule has 1 aromatic heterocycles. The first kappa shape index (κ1) is 10.5. The Kier molecular flexibility index (Phi) is 3.25. The second-order valence-corrected chi connectivity index (χ2v) is 4.10. The van der Waals surface area contributed by atoms with Gasteiger partial charge in [-0.25, -0.2) is 4.68 Å². The van der Waals surface area contributed by atoms with Crippen LogP contribution in [0.5, 0.6) is 5.75 Å². The standard InChI is InChI=1S/C11H11IN2O/c1-2-15-10-5-3-9(4-6-10)14-11(12)7-8-13-14/h3-8H,2H2,1H3. The van der Waals surface area contributed by atoms with Crippen molar-refractivity contribution in [2.24, 2.45) is 0 Å². The summed E-state index contributed by atoms with van der Waals surface area (Å²) >= 11 is 2.25. The van der Waals surface area contributed by atoms with Gasteiger partial charge in [0.15, 0.2) is 0 Å². The third-order valence-corrected chi connectivity index (χ3v) is 2.81. The molecular formula is C11H11IN2O. The summed E-state index contributed by atoms with van der Waals surface area (Å²) in [6, 6.07) is 9.88. The van der Waals surface area contributed by atoms with Gasteiger partial charge < -0.3 is 4.74 Å². The fraction of sp³-hybridized carbons (Fsp3) is 0.182. The highest BCUT2D eigenvalue weighted by Crippen LogP contribution is 2.16. The molecule has 0 fully saturated rings. The zero-order chi connectivity index (χ0) is 10.7. The van der Waals surface area contributed by atoms with Crippen molar-refractivity contribution in [3.8, 4) is 11.4 Å². The SMILES string of the molecule is CCOc1ccc(-n2nccc2I)cc1. The van der Waals surface area contributed by atoms with Gasteiger partial charge in [-0.3, -0.25) is 0 Å². The summed E-state index contributed by atoms with van der Waals surface area (Å²) in [6.07, 6.45) is 1.79. The second-order valence-electron chi connectivity index (χ2n) is 2.99. The fourth-order valence-corrected chi connectivity index (χ4v) is 1.89. The van der Waals surface area contributed by atoms with Crippen LogP contribution in [0.4, 0.5) is 0 Å². The molecule has 0 saturated carbocycles. The molecule has 1 heterocycles. The topological polar surface area (TPSA) is 27.1 Å². The summed E-state index contributed by atoms with van der Waals surface area (Å²) in [7, 11) is 0. The largest absolute Gasteiger partial charge is 0.494 e. The van der Waals surface area contributed by atoms with Crippen LogP contribution in [-0.4, -0.2) is 16.4 Å². The molecule has 0 N–H and O–H groups in total. The summed E-state index contributed by atoms with van der Waals surface area (Å²) in [5, 5.41) is 4.23. The Bertz CT molecular complexity index is 436. The summed E-state index contributed by atoms with van der Waals surface area (Å²) < 4.78 is 8.36. The predicted molar refractivity (Wildman–Crippen MR) is 67.5 cm³/mol. The lowest BCUT2D eigenvalue weighted by Crippen LogP contribution is -1.98. The van der Waals surface area contributed by atoms with Gasteiger partial charge in [0, 0.05) is 0 Å². The molecule has 0 saturated heterocycles. The van der Waals surface area contributed by atoms with Gasteiger partial charge in [0.25, 0.3) is 0 Å². The normalized spacial score (nSPS) is 10.3. The minimum atomic E-state index is 0.693. The van der Waals surface area contributed by atoms with Crippen molar-refractivity contribution in [3.05, 3.63) is 40.2 Å². The van der Waals surface area contributed by atoms with Crippen molar-refractivity contribution in [2.45, 2.75) is 6.92 Å². The summed E-state index contributed by atoms with van der Waals surface area (Å²) in [5.41, 5.74) is 1.05. The van der Waals surface area contributed by atoms with Gasteiger partial charge in [-0.05, 0) is 59.8 Å². The van der Waals surface area contributed by atoms with E-state index in [4.69, 9.17) is 4.74 Å². The first-order chi connectivity index (χ1) is 7.31. The van der Waals surface area contributed by atoms with Crippen LogP contribution in [0.15, 0.2) is 36.5 Å². The average Bonchev–Trinajstić information content (AvgIpc) is 2.66. The van der Waals surface area contributed by atoms with Gasteiger partial charge in [0.2, 0.25) is 0 Å². The molecule has 0 aliphatic rings. The highest BCUT2D eigenvalue weighted by Gasteiger charge is 2.01. The lowest BCUT2D eigenvalue weighted by Gasteiger charge is -2.05. The number of nitrogens with zero attached hydrogens (tertiary/aromatic N) is 2. The molecule has 0 aliphatic carbocycles. The lowest BCUT2D eigenvalue weighted by molar-refractivity contribution is 0.340.